The van der Waals surface area contributed by atoms with Gasteiger partial charge in [-0.2, -0.15) is 0 Å². The van der Waals surface area contributed by atoms with E-state index < -0.39 is 30.2 Å². The van der Waals surface area contributed by atoms with Crippen molar-refractivity contribution >= 4 is 40.3 Å². The molecule has 1 aromatic heterocycles. The second-order valence-corrected chi connectivity index (χ2v) is 6.67. The number of nitrogens with one attached hydrogen (secondary N) is 1. The van der Waals surface area contributed by atoms with Gasteiger partial charge in [-0.1, -0.05) is 36.4 Å². The zero-order valence-corrected chi connectivity index (χ0v) is 17.3. The number of anilines is 1. The molecule has 0 saturated heterocycles. The Morgan fingerprint density at radius 3 is 2.35 bits per heavy atom. The molecule has 0 spiro atoms. The van der Waals surface area contributed by atoms with Crippen molar-refractivity contribution in [3.63, 3.8) is 0 Å². The normalized spacial score (nSPS) is 10.5. The van der Waals surface area contributed by atoms with Crippen LogP contribution in [0.3, 0.4) is 0 Å². The summed E-state index contributed by atoms with van der Waals surface area (Å²) in [5, 5.41) is 3.94. The summed E-state index contributed by atoms with van der Waals surface area (Å²) < 4.78 is 15.5. The van der Waals surface area contributed by atoms with Crippen LogP contribution in [-0.2, 0) is 14.3 Å². The van der Waals surface area contributed by atoms with Crippen LogP contribution in [0.15, 0.2) is 46.9 Å². The van der Waals surface area contributed by atoms with Crippen LogP contribution in [-0.4, -0.2) is 36.8 Å². The van der Waals surface area contributed by atoms with Crippen molar-refractivity contribution in [1.82, 2.24) is 0 Å². The molecule has 0 fully saturated rings. The van der Waals surface area contributed by atoms with Crippen molar-refractivity contribution in [1.29, 1.82) is 0 Å². The number of ether oxygens (including phenoxy) is 2. The van der Waals surface area contributed by atoms with Gasteiger partial charge in [0.1, 0.15) is 11.3 Å². The quantitative estimate of drug-likeness (QED) is 0.453. The van der Waals surface area contributed by atoms with E-state index in [-0.39, 0.29) is 29.4 Å². The lowest BCUT2D eigenvalue weighted by molar-refractivity contribution is -0.119. The maximum absolute atomic E-state index is 12.5. The highest BCUT2D eigenvalue weighted by atomic mass is 16.5. The summed E-state index contributed by atoms with van der Waals surface area (Å²) in [4.78, 5) is 49.0. The maximum Gasteiger partial charge on any atom is 0.344 e. The average Bonchev–Trinajstić information content (AvgIpc) is 3.07. The minimum Gasteiger partial charge on any atom is -0.462 e. The molecular formula is C23H21NO7. The number of hydrogen-bond acceptors (Lipinski definition) is 7. The number of fused-ring (bicyclic) bond motifs is 1. The van der Waals surface area contributed by atoms with Crippen molar-refractivity contribution in [3.8, 4) is 0 Å². The van der Waals surface area contributed by atoms with E-state index in [1.54, 1.807) is 31.2 Å². The van der Waals surface area contributed by atoms with Gasteiger partial charge in [-0.3, -0.25) is 14.9 Å². The first-order valence-electron chi connectivity index (χ1n) is 9.59. The number of carbonyl (C=O) groups excluding carboxylic acids is 4. The number of benzene rings is 2. The molecule has 0 radical (unpaired) electrons. The van der Waals surface area contributed by atoms with Crippen LogP contribution in [0.4, 0.5) is 5.88 Å². The van der Waals surface area contributed by atoms with Gasteiger partial charge in [0.05, 0.1) is 17.7 Å². The molecule has 0 unspecified atom stereocenters. The summed E-state index contributed by atoms with van der Waals surface area (Å²) in [5.41, 5.74) is 0.188. The fourth-order valence-corrected chi connectivity index (χ4v) is 3.23. The SMILES string of the molecule is CCOC(=O)c1c(NC(=O)COC(=O)c2cccc3ccccc23)oc(C)c1C(C)=O. The Labute approximate surface area is 178 Å². The lowest BCUT2D eigenvalue weighted by Gasteiger charge is -2.08. The van der Waals surface area contributed by atoms with E-state index in [1.807, 2.05) is 18.2 Å². The summed E-state index contributed by atoms with van der Waals surface area (Å²) in [6, 6.07) is 12.5. The third-order valence-corrected chi connectivity index (χ3v) is 4.51. The molecule has 1 N–H and O–H groups in total. The van der Waals surface area contributed by atoms with Gasteiger partial charge in [0.2, 0.25) is 5.88 Å². The molecule has 0 aliphatic heterocycles. The molecule has 8 heteroatoms. The van der Waals surface area contributed by atoms with E-state index in [4.69, 9.17) is 13.9 Å². The first-order chi connectivity index (χ1) is 14.8. The number of carbonyl (C=O) groups is 4. The summed E-state index contributed by atoms with van der Waals surface area (Å²) in [6.45, 7) is 3.85. The smallest absolute Gasteiger partial charge is 0.344 e. The van der Waals surface area contributed by atoms with Crippen LogP contribution in [0.1, 0.15) is 50.7 Å². The van der Waals surface area contributed by atoms with Crippen molar-refractivity contribution in [3.05, 3.63) is 64.9 Å². The zero-order valence-electron chi connectivity index (χ0n) is 17.3. The third-order valence-electron chi connectivity index (χ3n) is 4.51. The predicted octanol–water partition coefficient (Wildman–Crippen LogP) is 3.92. The third kappa shape index (κ3) is 4.63. The molecule has 0 saturated carbocycles. The van der Waals surface area contributed by atoms with Gasteiger partial charge in [0.25, 0.3) is 5.91 Å². The minimum atomic E-state index is -0.799. The van der Waals surface area contributed by atoms with E-state index in [0.29, 0.717) is 10.9 Å². The molecule has 0 atom stereocenters. The topological polar surface area (TPSA) is 112 Å². The van der Waals surface area contributed by atoms with E-state index in [9.17, 15) is 19.2 Å². The number of aryl methyl sites for hydroxylation is 1. The monoisotopic (exact) mass is 423 g/mol. The Kier molecular flexibility index (Phi) is 6.49. The lowest BCUT2D eigenvalue weighted by Crippen LogP contribution is -2.22. The Morgan fingerprint density at radius 2 is 1.65 bits per heavy atom. The van der Waals surface area contributed by atoms with Gasteiger partial charge >= 0.3 is 11.9 Å². The van der Waals surface area contributed by atoms with Gasteiger partial charge in [-0.05, 0) is 37.6 Å². The van der Waals surface area contributed by atoms with Crippen molar-refractivity contribution in [2.75, 3.05) is 18.5 Å². The van der Waals surface area contributed by atoms with E-state index in [2.05, 4.69) is 5.32 Å². The first kappa shape index (κ1) is 21.8. The number of furan rings is 1. The van der Waals surface area contributed by atoms with Gasteiger partial charge in [0, 0.05) is 0 Å². The number of amides is 1. The highest BCUT2D eigenvalue weighted by Crippen LogP contribution is 2.28. The van der Waals surface area contributed by atoms with Crippen LogP contribution in [0, 0.1) is 6.92 Å². The number of ketones is 1. The fraction of sp³-hybridized carbons (Fsp3) is 0.217. The van der Waals surface area contributed by atoms with Gasteiger partial charge in [-0.25, -0.2) is 9.59 Å². The molecule has 1 amide bonds. The minimum absolute atomic E-state index is 0.0292. The Hall–Kier alpha value is -3.94. The van der Waals surface area contributed by atoms with Crippen LogP contribution >= 0.6 is 0 Å². The van der Waals surface area contributed by atoms with Crippen LogP contribution in [0.25, 0.3) is 10.8 Å². The molecule has 8 nitrogen and oxygen atoms in total. The van der Waals surface area contributed by atoms with E-state index in [1.165, 1.54) is 13.8 Å². The molecule has 160 valence electrons. The van der Waals surface area contributed by atoms with Gasteiger partial charge in [0.15, 0.2) is 12.4 Å². The van der Waals surface area contributed by atoms with E-state index >= 15 is 0 Å². The molecule has 2 aromatic carbocycles. The molecule has 31 heavy (non-hydrogen) atoms. The Balaban J connectivity index is 1.75. The molecule has 1 heterocycles. The van der Waals surface area contributed by atoms with Crippen molar-refractivity contribution in [2.24, 2.45) is 0 Å². The Bertz CT molecular complexity index is 1170. The molecular weight excluding hydrogens is 402 g/mol. The summed E-state index contributed by atoms with van der Waals surface area (Å²) >= 11 is 0. The maximum atomic E-state index is 12.5. The first-order valence-corrected chi connectivity index (χ1v) is 9.59. The van der Waals surface area contributed by atoms with Crippen LogP contribution in [0.5, 0.6) is 0 Å². The average molecular weight is 423 g/mol. The highest BCUT2D eigenvalue weighted by Gasteiger charge is 2.29. The molecule has 0 aliphatic carbocycles. The highest BCUT2D eigenvalue weighted by molar-refractivity contribution is 6.11. The zero-order chi connectivity index (χ0) is 22.5. The number of hydrogen-bond donors (Lipinski definition) is 1. The summed E-state index contributed by atoms with van der Waals surface area (Å²) in [5.74, 6) is -2.67. The molecule has 3 rings (SSSR count). The standard InChI is InChI=1S/C23H21NO7/c1-4-29-23(28)20-19(13(2)25)14(3)31-21(20)24-18(26)12-30-22(27)17-11-7-9-15-8-5-6-10-16(15)17/h5-11H,4,12H2,1-3H3,(H,24,26). The summed E-state index contributed by atoms with van der Waals surface area (Å²) in [6.07, 6.45) is 0. The molecule has 0 aliphatic rings. The predicted molar refractivity (Wildman–Crippen MR) is 112 cm³/mol. The van der Waals surface area contributed by atoms with Crippen LogP contribution < -0.4 is 5.32 Å². The lowest BCUT2D eigenvalue weighted by atomic mass is 10.1. The Morgan fingerprint density at radius 1 is 0.935 bits per heavy atom. The van der Waals surface area contributed by atoms with Crippen LogP contribution in [0.2, 0.25) is 0 Å². The van der Waals surface area contributed by atoms with Gasteiger partial charge < -0.3 is 13.9 Å². The summed E-state index contributed by atoms with van der Waals surface area (Å²) in [7, 11) is 0. The second-order valence-electron chi connectivity index (χ2n) is 6.67. The number of rotatable bonds is 7. The van der Waals surface area contributed by atoms with E-state index in [0.717, 1.165) is 5.39 Å². The van der Waals surface area contributed by atoms with Gasteiger partial charge in [-0.15, -0.1) is 0 Å². The second kappa shape index (κ2) is 9.25. The van der Waals surface area contributed by atoms with Crippen molar-refractivity contribution < 1.29 is 33.1 Å². The molecule has 0 bridgehead atoms. The number of esters is 2. The van der Waals surface area contributed by atoms with Crippen molar-refractivity contribution in [2.45, 2.75) is 20.8 Å². The fourth-order valence-electron chi connectivity index (χ4n) is 3.23. The largest absolute Gasteiger partial charge is 0.462 e. The molecule has 3 aromatic rings. The number of Topliss-reactive ketones (excluding diaryl/α,β-unsaturated/α-hetero) is 1.